The van der Waals surface area contributed by atoms with Gasteiger partial charge >= 0.3 is 6.18 Å². The van der Waals surface area contributed by atoms with Crippen molar-refractivity contribution in [3.63, 3.8) is 0 Å². The number of thiazole rings is 1. The van der Waals surface area contributed by atoms with Crippen LogP contribution in [0, 0.1) is 0 Å². The van der Waals surface area contributed by atoms with Gasteiger partial charge in [0.2, 0.25) is 0 Å². The van der Waals surface area contributed by atoms with E-state index in [1.807, 2.05) is 0 Å². The summed E-state index contributed by atoms with van der Waals surface area (Å²) in [6, 6.07) is 5.00. The highest BCUT2D eigenvalue weighted by atomic mass is 32.1. The molecule has 0 aliphatic heterocycles. The van der Waals surface area contributed by atoms with Gasteiger partial charge in [0.15, 0.2) is 5.01 Å². The second-order valence-electron chi connectivity index (χ2n) is 6.72. The molecule has 0 spiro atoms. The van der Waals surface area contributed by atoms with E-state index in [-0.39, 0.29) is 5.69 Å². The molecule has 0 unspecified atom stereocenters. The first kappa shape index (κ1) is 19.3. The number of carbonyl (C=O) groups is 1. The van der Waals surface area contributed by atoms with Crippen molar-refractivity contribution in [2.75, 3.05) is 5.32 Å². The van der Waals surface area contributed by atoms with Gasteiger partial charge in [0.1, 0.15) is 5.69 Å². The molecule has 0 atom stereocenters. The number of rotatable bonds is 5. The summed E-state index contributed by atoms with van der Waals surface area (Å²) in [5, 5.41) is 17.5. The predicted octanol–water partition coefficient (Wildman–Crippen LogP) is 3.92. The molecule has 0 bridgehead atoms. The van der Waals surface area contributed by atoms with Crippen molar-refractivity contribution in [3.8, 4) is 0 Å². The van der Waals surface area contributed by atoms with E-state index in [4.69, 9.17) is 0 Å². The summed E-state index contributed by atoms with van der Waals surface area (Å²) < 4.78 is 39.5. The minimum absolute atomic E-state index is 0.284. The van der Waals surface area contributed by atoms with Crippen LogP contribution in [0.15, 0.2) is 29.8 Å². The van der Waals surface area contributed by atoms with Gasteiger partial charge in [-0.05, 0) is 38.5 Å². The number of anilines is 1. The van der Waals surface area contributed by atoms with E-state index in [2.05, 4.69) is 15.4 Å². The topological polar surface area (TPSA) is 80.0 Å². The lowest BCUT2D eigenvalue weighted by molar-refractivity contribution is -0.137. The van der Waals surface area contributed by atoms with Crippen LogP contribution < -0.4 is 5.32 Å². The fourth-order valence-corrected chi connectivity index (χ4v) is 3.03. The number of carbonyl (C=O) groups excluding carboxylic acids is 1. The van der Waals surface area contributed by atoms with Crippen LogP contribution in [-0.4, -0.2) is 31.4 Å². The Hall–Kier alpha value is -2.46. The SMILES string of the molecule is CC(C)(O)CCn1cc2cc(NC(=O)c3csc(C(F)(F)F)n3)ccc2n1. The molecule has 3 aromatic rings. The third-order valence-corrected chi connectivity index (χ3v) is 4.63. The summed E-state index contributed by atoms with van der Waals surface area (Å²) in [5.41, 5.74) is 0.0428. The maximum atomic E-state index is 12.6. The van der Waals surface area contributed by atoms with Gasteiger partial charge < -0.3 is 10.4 Å². The number of hydrogen-bond donors (Lipinski definition) is 2. The number of nitrogens with zero attached hydrogens (tertiary/aromatic N) is 3. The number of halogens is 3. The average molecular weight is 398 g/mol. The minimum Gasteiger partial charge on any atom is -0.390 e. The molecule has 6 nitrogen and oxygen atoms in total. The molecule has 144 valence electrons. The fourth-order valence-electron chi connectivity index (χ4n) is 2.36. The third kappa shape index (κ3) is 4.83. The molecule has 0 aliphatic carbocycles. The average Bonchev–Trinajstić information content (AvgIpc) is 3.18. The molecule has 10 heteroatoms. The monoisotopic (exact) mass is 398 g/mol. The van der Waals surface area contributed by atoms with Gasteiger partial charge in [0.25, 0.3) is 5.91 Å². The molecule has 2 N–H and O–H groups in total. The number of nitrogens with one attached hydrogen (secondary N) is 1. The number of fused-ring (bicyclic) bond motifs is 1. The Balaban J connectivity index is 1.73. The number of aliphatic hydroxyl groups is 1. The second kappa shape index (κ2) is 6.93. The third-order valence-electron chi connectivity index (χ3n) is 3.74. The van der Waals surface area contributed by atoms with Crippen LogP contribution >= 0.6 is 11.3 Å². The Morgan fingerprint density at radius 1 is 1.33 bits per heavy atom. The molecule has 0 radical (unpaired) electrons. The van der Waals surface area contributed by atoms with Crippen LogP contribution in [-0.2, 0) is 12.7 Å². The molecule has 0 fully saturated rings. The van der Waals surface area contributed by atoms with Gasteiger partial charge in [-0.3, -0.25) is 9.48 Å². The number of amides is 1. The summed E-state index contributed by atoms with van der Waals surface area (Å²) in [5.74, 6) is -0.712. The van der Waals surface area contributed by atoms with Crippen molar-refractivity contribution < 1.29 is 23.1 Å². The van der Waals surface area contributed by atoms with Crippen LogP contribution in [0.5, 0.6) is 0 Å². The molecule has 0 saturated heterocycles. The number of aryl methyl sites for hydroxylation is 1. The Bertz CT molecular complexity index is 973. The molecular weight excluding hydrogens is 381 g/mol. The zero-order valence-electron chi connectivity index (χ0n) is 14.5. The highest BCUT2D eigenvalue weighted by Gasteiger charge is 2.35. The molecule has 1 aromatic carbocycles. The molecule has 0 saturated carbocycles. The quantitative estimate of drug-likeness (QED) is 0.683. The highest BCUT2D eigenvalue weighted by molar-refractivity contribution is 7.10. The Morgan fingerprint density at radius 2 is 2.07 bits per heavy atom. The van der Waals surface area contributed by atoms with E-state index in [0.29, 0.717) is 35.5 Å². The van der Waals surface area contributed by atoms with E-state index in [9.17, 15) is 23.1 Å². The van der Waals surface area contributed by atoms with Crippen LogP contribution in [0.2, 0.25) is 0 Å². The van der Waals surface area contributed by atoms with Crippen LogP contribution in [0.4, 0.5) is 18.9 Å². The van der Waals surface area contributed by atoms with Gasteiger partial charge in [-0.25, -0.2) is 4.98 Å². The Morgan fingerprint density at radius 3 is 2.70 bits per heavy atom. The molecule has 1 amide bonds. The minimum atomic E-state index is -4.57. The maximum Gasteiger partial charge on any atom is 0.443 e. The van der Waals surface area contributed by atoms with Gasteiger partial charge in [-0.1, -0.05) is 0 Å². The highest BCUT2D eigenvalue weighted by Crippen LogP contribution is 2.31. The fraction of sp³-hybridized carbons (Fsp3) is 0.353. The first-order valence-corrected chi connectivity index (χ1v) is 8.93. The lowest BCUT2D eigenvalue weighted by Crippen LogP contribution is -2.21. The standard InChI is InChI=1S/C17H17F3N4O2S/c1-16(2,26)5-6-24-8-10-7-11(3-4-12(10)23-24)21-14(25)13-9-27-15(22-13)17(18,19)20/h3-4,7-9,26H,5-6H2,1-2H3,(H,21,25). The van der Waals surface area contributed by atoms with Crippen LogP contribution in [0.1, 0.15) is 35.8 Å². The summed E-state index contributed by atoms with van der Waals surface area (Å²) in [7, 11) is 0. The number of alkyl halides is 3. The second-order valence-corrected chi connectivity index (χ2v) is 7.58. The summed E-state index contributed by atoms with van der Waals surface area (Å²) in [6.07, 6.45) is -2.27. The first-order valence-electron chi connectivity index (χ1n) is 8.05. The van der Waals surface area contributed by atoms with Gasteiger partial charge in [0.05, 0.1) is 11.1 Å². The zero-order chi connectivity index (χ0) is 19.8. The predicted molar refractivity (Wildman–Crippen MR) is 95.7 cm³/mol. The van der Waals surface area contributed by atoms with Crippen molar-refractivity contribution in [2.45, 2.75) is 38.6 Å². The Kier molecular flexibility index (Phi) is 4.96. The van der Waals surface area contributed by atoms with Gasteiger partial charge in [0, 0.05) is 29.2 Å². The normalized spacial score (nSPS) is 12.5. The number of hydrogen-bond acceptors (Lipinski definition) is 5. The molecule has 0 aliphatic rings. The van der Waals surface area contributed by atoms with E-state index in [1.165, 1.54) is 0 Å². The molecular formula is C17H17F3N4O2S. The first-order chi connectivity index (χ1) is 12.5. The van der Waals surface area contributed by atoms with Crippen molar-refractivity contribution >= 4 is 33.8 Å². The van der Waals surface area contributed by atoms with Gasteiger partial charge in [-0.15, -0.1) is 11.3 Å². The summed E-state index contributed by atoms with van der Waals surface area (Å²) in [4.78, 5) is 15.5. The smallest absolute Gasteiger partial charge is 0.390 e. The van der Waals surface area contributed by atoms with E-state index < -0.39 is 22.7 Å². The number of benzene rings is 1. The van der Waals surface area contributed by atoms with Crippen molar-refractivity contribution in [1.29, 1.82) is 0 Å². The molecule has 2 heterocycles. The van der Waals surface area contributed by atoms with E-state index in [0.717, 1.165) is 10.8 Å². The van der Waals surface area contributed by atoms with E-state index >= 15 is 0 Å². The zero-order valence-corrected chi connectivity index (χ0v) is 15.4. The van der Waals surface area contributed by atoms with Gasteiger partial charge in [-0.2, -0.15) is 18.3 Å². The lowest BCUT2D eigenvalue weighted by Gasteiger charge is -2.16. The molecule has 27 heavy (non-hydrogen) atoms. The van der Waals surface area contributed by atoms with Crippen molar-refractivity contribution in [3.05, 3.63) is 40.5 Å². The maximum absolute atomic E-state index is 12.6. The van der Waals surface area contributed by atoms with Crippen LogP contribution in [0.25, 0.3) is 10.9 Å². The lowest BCUT2D eigenvalue weighted by atomic mass is 10.1. The molecule has 3 rings (SSSR count). The number of aromatic nitrogens is 3. The Labute approximate surface area is 156 Å². The summed E-state index contributed by atoms with van der Waals surface area (Å²) in [6.45, 7) is 3.96. The summed E-state index contributed by atoms with van der Waals surface area (Å²) >= 11 is 0.378. The van der Waals surface area contributed by atoms with Crippen molar-refractivity contribution in [1.82, 2.24) is 14.8 Å². The largest absolute Gasteiger partial charge is 0.443 e. The van der Waals surface area contributed by atoms with Crippen LogP contribution in [0.3, 0.4) is 0 Å². The molecule has 2 aromatic heterocycles. The van der Waals surface area contributed by atoms with Crippen molar-refractivity contribution in [2.24, 2.45) is 0 Å². The van der Waals surface area contributed by atoms with E-state index in [1.54, 1.807) is 42.9 Å².